The number of piperidine rings is 1. The zero-order valence-electron chi connectivity index (χ0n) is 12.3. The van der Waals surface area contributed by atoms with Crippen molar-refractivity contribution in [3.05, 3.63) is 0 Å². The number of amides is 2. The SMILES string of the molecule is CCC1CCCCN1C(=O)N(CC(=O)O)CC(C)C. The van der Waals surface area contributed by atoms with Crippen molar-refractivity contribution in [1.82, 2.24) is 9.80 Å². The topological polar surface area (TPSA) is 60.9 Å². The molecule has 1 heterocycles. The average Bonchev–Trinajstić information content (AvgIpc) is 2.36. The van der Waals surface area contributed by atoms with Crippen LogP contribution in [0.5, 0.6) is 0 Å². The molecule has 1 unspecified atom stereocenters. The van der Waals surface area contributed by atoms with Crippen molar-refractivity contribution in [3.8, 4) is 0 Å². The lowest BCUT2D eigenvalue weighted by atomic mass is 10.0. The summed E-state index contributed by atoms with van der Waals surface area (Å²) >= 11 is 0. The molecule has 1 N–H and O–H groups in total. The number of hydrogen-bond acceptors (Lipinski definition) is 2. The van der Waals surface area contributed by atoms with E-state index in [9.17, 15) is 9.59 Å². The predicted octanol–water partition coefficient (Wildman–Crippen LogP) is 2.41. The molecule has 1 saturated heterocycles. The fourth-order valence-corrected chi connectivity index (χ4v) is 2.67. The van der Waals surface area contributed by atoms with Crippen LogP contribution in [0.4, 0.5) is 4.79 Å². The van der Waals surface area contributed by atoms with Gasteiger partial charge in [-0.25, -0.2) is 4.79 Å². The van der Waals surface area contributed by atoms with Crippen LogP contribution in [0.25, 0.3) is 0 Å². The molecule has 0 aliphatic carbocycles. The Bertz CT molecular complexity index is 318. The Morgan fingerprint density at radius 1 is 1.37 bits per heavy atom. The van der Waals surface area contributed by atoms with Crippen molar-refractivity contribution in [1.29, 1.82) is 0 Å². The Labute approximate surface area is 115 Å². The first kappa shape index (κ1) is 15.8. The maximum atomic E-state index is 12.5. The van der Waals surface area contributed by atoms with Gasteiger partial charge in [0.1, 0.15) is 6.54 Å². The van der Waals surface area contributed by atoms with Gasteiger partial charge < -0.3 is 14.9 Å². The van der Waals surface area contributed by atoms with Crippen LogP contribution in [0.15, 0.2) is 0 Å². The van der Waals surface area contributed by atoms with Gasteiger partial charge in [0, 0.05) is 19.1 Å². The van der Waals surface area contributed by atoms with Gasteiger partial charge >= 0.3 is 12.0 Å². The molecule has 1 fully saturated rings. The molecule has 1 atom stereocenters. The average molecular weight is 270 g/mol. The molecule has 0 spiro atoms. The van der Waals surface area contributed by atoms with Gasteiger partial charge in [-0.15, -0.1) is 0 Å². The highest BCUT2D eigenvalue weighted by atomic mass is 16.4. The number of urea groups is 1. The largest absolute Gasteiger partial charge is 0.480 e. The van der Waals surface area contributed by atoms with Crippen molar-refractivity contribution >= 4 is 12.0 Å². The first-order valence-electron chi connectivity index (χ1n) is 7.23. The van der Waals surface area contributed by atoms with Gasteiger partial charge in [0.2, 0.25) is 0 Å². The van der Waals surface area contributed by atoms with Crippen molar-refractivity contribution in [2.75, 3.05) is 19.6 Å². The second kappa shape index (κ2) is 7.36. The number of nitrogens with zero attached hydrogens (tertiary/aromatic N) is 2. The standard InChI is InChI=1S/C14H26N2O3/c1-4-12-7-5-6-8-16(12)14(19)15(9-11(2)3)10-13(17)18/h11-12H,4-10H2,1-3H3,(H,17,18). The van der Waals surface area contributed by atoms with Crippen molar-refractivity contribution < 1.29 is 14.7 Å². The summed E-state index contributed by atoms with van der Waals surface area (Å²) in [5, 5.41) is 8.95. The van der Waals surface area contributed by atoms with Crippen molar-refractivity contribution in [3.63, 3.8) is 0 Å². The minimum Gasteiger partial charge on any atom is -0.480 e. The van der Waals surface area contributed by atoms with E-state index in [1.165, 1.54) is 4.90 Å². The fraction of sp³-hybridized carbons (Fsp3) is 0.857. The third-order valence-electron chi connectivity index (χ3n) is 3.53. The molecule has 5 nitrogen and oxygen atoms in total. The second-order valence-corrected chi connectivity index (χ2v) is 5.70. The summed E-state index contributed by atoms with van der Waals surface area (Å²) < 4.78 is 0. The maximum Gasteiger partial charge on any atom is 0.323 e. The van der Waals surface area contributed by atoms with Crippen LogP contribution in [-0.2, 0) is 4.79 Å². The van der Waals surface area contributed by atoms with Gasteiger partial charge in [-0.2, -0.15) is 0 Å². The molecule has 0 aromatic rings. The predicted molar refractivity (Wildman–Crippen MR) is 74.1 cm³/mol. The number of carboxylic acid groups (broad SMARTS) is 1. The van der Waals surface area contributed by atoms with Crippen LogP contribution < -0.4 is 0 Å². The molecule has 1 rings (SSSR count). The minimum atomic E-state index is -0.945. The smallest absolute Gasteiger partial charge is 0.323 e. The lowest BCUT2D eigenvalue weighted by Gasteiger charge is -2.38. The highest BCUT2D eigenvalue weighted by Gasteiger charge is 2.30. The summed E-state index contributed by atoms with van der Waals surface area (Å²) in [5.74, 6) is -0.674. The molecule has 0 saturated carbocycles. The van der Waals surface area contributed by atoms with E-state index < -0.39 is 5.97 Å². The number of carbonyl (C=O) groups excluding carboxylic acids is 1. The number of rotatable bonds is 5. The summed E-state index contributed by atoms with van der Waals surface area (Å²) in [6.07, 6.45) is 4.15. The highest BCUT2D eigenvalue weighted by Crippen LogP contribution is 2.21. The zero-order valence-corrected chi connectivity index (χ0v) is 12.3. The van der Waals surface area contributed by atoms with E-state index in [0.29, 0.717) is 6.54 Å². The minimum absolute atomic E-state index is 0.109. The molecule has 1 aliphatic rings. The molecule has 0 aromatic carbocycles. The first-order valence-corrected chi connectivity index (χ1v) is 7.23. The Morgan fingerprint density at radius 3 is 2.58 bits per heavy atom. The van der Waals surface area contributed by atoms with Gasteiger partial charge in [0.15, 0.2) is 0 Å². The second-order valence-electron chi connectivity index (χ2n) is 5.70. The summed E-state index contributed by atoms with van der Waals surface area (Å²) in [6.45, 7) is 7.12. The third-order valence-corrected chi connectivity index (χ3v) is 3.53. The molecule has 0 radical (unpaired) electrons. The van der Waals surface area contributed by atoms with E-state index >= 15 is 0 Å². The van der Waals surface area contributed by atoms with Crippen LogP contribution in [0.2, 0.25) is 0 Å². The zero-order chi connectivity index (χ0) is 14.4. The van der Waals surface area contributed by atoms with Crippen LogP contribution in [0, 0.1) is 5.92 Å². The summed E-state index contributed by atoms with van der Waals surface area (Å²) in [5.41, 5.74) is 0. The number of aliphatic carboxylic acids is 1. The van der Waals surface area contributed by atoms with Gasteiger partial charge in [-0.1, -0.05) is 20.8 Å². The molecule has 110 valence electrons. The van der Waals surface area contributed by atoms with Crippen molar-refractivity contribution in [2.24, 2.45) is 5.92 Å². The van der Waals surface area contributed by atoms with Gasteiger partial charge in [0.25, 0.3) is 0 Å². The lowest BCUT2D eigenvalue weighted by molar-refractivity contribution is -0.137. The molecule has 1 aliphatic heterocycles. The van der Waals surface area contributed by atoms with Crippen LogP contribution in [-0.4, -0.2) is 52.6 Å². The lowest BCUT2D eigenvalue weighted by Crippen LogP contribution is -2.52. The Balaban J connectivity index is 2.75. The van der Waals surface area contributed by atoms with Gasteiger partial charge in [-0.3, -0.25) is 4.79 Å². The van der Waals surface area contributed by atoms with Crippen LogP contribution in [0.1, 0.15) is 46.5 Å². The van der Waals surface area contributed by atoms with E-state index in [4.69, 9.17) is 5.11 Å². The van der Waals surface area contributed by atoms with Crippen LogP contribution in [0.3, 0.4) is 0 Å². The van der Waals surface area contributed by atoms with E-state index in [1.54, 1.807) is 0 Å². The first-order chi connectivity index (χ1) is 8.95. The Hall–Kier alpha value is -1.26. The number of carbonyl (C=O) groups is 2. The summed E-state index contributed by atoms with van der Waals surface area (Å²) in [4.78, 5) is 26.8. The molecule has 5 heteroatoms. The van der Waals surface area contributed by atoms with Gasteiger partial charge in [-0.05, 0) is 31.6 Å². The molecule has 19 heavy (non-hydrogen) atoms. The quantitative estimate of drug-likeness (QED) is 0.834. The summed E-state index contributed by atoms with van der Waals surface area (Å²) in [6, 6.07) is 0.160. The van der Waals surface area contributed by atoms with Gasteiger partial charge in [0.05, 0.1) is 0 Å². The van der Waals surface area contributed by atoms with E-state index in [1.807, 2.05) is 18.7 Å². The van der Waals surface area contributed by atoms with E-state index in [2.05, 4.69) is 6.92 Å². The van der Waals surface area contributed by atoms with Crippen molar-refractivity contribution in [2.45, 2.75) is 52.5 Å². The molecule has 0 aromatic heterocycles. The van der Waals surface area contributed by atoms with E-state index in [0.717, 1.165) is 32.2 Å². The highest BCUT2D eigenvalue weighted by molar-refractivity contribution is 5.80. The maximum absolute atomic E-state index is 12.5. The number of likely N-dealkylation sites (tertiary alicyclic amines) is 1. The summed E-state index contributed by atoms with van der Waals surface area (Å²) in [7, 11) is 0. The third kappa shape index (κ3) is 4.73. The number of hydrogen-bond donors (Lipinski definition) is 1. The molecular formula is C14H26N2O3. The monoisotopic (exact) mass is 270 g/mol. The number of carboxylic acids is 1. The normalized spacial score (nSPS) is 19.6. The molecule has 2 amide bonds. The van der Waals surface area contributed by atoms with Crippen LogP contribution >= 0.6 is 0 Å². The Kier molecular flexibility index (Phi) is 6.12. The molecular weight excluding hydrogens is 244 g/mol. The van der Waals surface area contributed by atoms with E-state index in [-0.39, 0.29) is 24.5 Å². The Morgan fingerprint density at radius 2 is 2.05 bits per heavy atom. The molecule has 0 bridgehead atoms. The fourth-order valence-electron chi connectivity index (χ4n) is 2.67.